The molecule has 2 fully saturated rings. The first-order valence-electron chi connectivity index (χ1n) is 12.7. The lowest BCUT2D eigenvalue weighted by atomic mass is 9.91. The number of carbonyl (C=O) groups is 2. The van der Waals surface area contributed by atoms with Crippen molar-refractivity contribution in [3.8, 4) is 0 Å². The average Bonchev–Trinajstić information content (AvgIpc) is 3.37. The molecule has 2 aliphatic heterocycles. The molecule has 1 N–H and O–H groups in total. The van der Waals surface area contributed by atoms with Gasteiger partial charge in [-0.2, -0.15) is 0 Å². The normalized spacial score (nSPS) is 17.8. The number of hydrogen-bond donors (Lipinski definition) is 1. The molecule has 0 unspecified atom stereocenters. The maximum Gasteiger partial charge on any atom is 0.254 e. The number of H-pyrrole nitrogens is 1. The van der Waals surface area contributed by atoms with Crippen LogP contribution in [-0.2, 0) is 4.79 Å². The van der Waals surface area contributed by atoms with Gasteiger partial charge in [-0.05, 0) is 54.7 Å². The van der Waals surface area contributed by atoms with Crippen molar-refractivity contribution in [2.24, 2.45) is 5.92 Å². The maximum absolute atomic E-state index is 13.3. The van der Waals surface area contributed by atoms with Crippen molar-refractivity contribution in [3.63, 3.8) is 0 Å². The van der Waals surface area contributed by atoms with Crippen molar-refractivity contribution < 1.29 is 9.59 Å². The molecule has 35 heavy (non-hydrogen) atoms. The fraction of sp³-hybridized carbons (Fsp3) is 0.345. The van der Waals surface area contributed by atoms with Crippen molar-refractivity contribution in [2.45, 2.75) is 31.6 Å². The van der Waals surface area contributed by atoms with Gasteiger partial charge >= 0.3 is 0 Å². The Bertz CT molecular complexity index is 1340. The summed E-state index contributed by atoms with van der Waals surface area (Å²) in [6.07, 6.45) is 3.34. The van der Waals surface area contributed by atoms with Gasteiger partial charge in [-0.25, -0.2) is 4.98 Å². The highest BCUT2D eigenvalue weighted by Crippen LogP contribution is 2.30. The number of aromatic nitrogens is 2. The van der Waals surface area contributed by atoms with Gasteiger partial charge in [-0.15, -0.1) is 0 Å². The van der Waals surface area contributed by atoms with Crippen LogP contribution >= 0.6 is 0 Å². The monoisotopic (exact) mass is 466 g/mol. The second-order valence-electron chi connectivity index (χ2n) is 9.83. The number of nitrogens with zero attached hydrogens (tertiary/aromatic N) is 3. The van der Waals surface area contributed by atoms with Crippen molar-refractivity contribution in [1.82, 2.24) is 19.8 Å². The summed E-state index contributed by atoms with van der Waals surface area (Å²) < 4.78 is 0. The van der Waals surface area contributed by atoms with Crippen molar-refractivity contribution in [3.05, 3.63) is 78.1 Å². The summed E-state index contributed by atoms with van der Waals surface area (Å²) in [5.74, 6) is 1.74. The Labute approximate surface area is 204 Å². The molecule has 4 aromatic rings. The Morgan fingerprint density at radius 1 is 0.771 bits per heavy atom. The molecule has 2 amide bonds. The van der Waals surface area contributed by atoms with E-state index in [1.807, 2.05) is 70.5 Å². The highest BCUT2D eigenvalue weighted by atomic mass is 16.2. The van der Waals surface area contributed by atoms with Gasteiger partial charge in [0, 0.05) is 43.6 Å². The first kappa shape index (κ1) is 21.8. The van der Waals surface area contributed by atoms with E-state index >= 15 is 0 Å². The summed E-state index contributed by atoms with van der Waals surface area (Å²) in [7, 11) is 0. The van der Waals surface area contributed by atoms with Gasteiger partial charge in [0.2, 0.25) is 5.91 Å². The Morgan fingerprint density at radius 3 is 2.26 bits per heavy atom. The molecular weight excluding hydrogens is 436 g/mol. The number of aromatic amines is 1. The van der Waals surface area contributed by atoms with Crippen LogP contribution in [0.2, 0.25) is 0 Å². The number of imidazole rings is 1. The smallest absolute Gasteiger partial charge is 0.254 e. The Balaban J connectivity index is 1.05. The summed E-state index contributed by atoms with van der Waals surface area (Å²) in [5, 5.41) is 2.07. The molecule has 2 aliphatic rings. The number of rotatable bonds is 3. The number of piperidine rings is 2. The predicted octanol–water partition coefficient (Wildman–Crippen LogP) is 4.97. The molecule has 0 atom stereocenters. The number of fused-ring (bicyclic) bond motifs is 2. The molecule has 3 aromatic carbocycles. The van der Waals surface area contributed by atoms with Crippen molar-refractivity contribution in [1.29, 1.82) is 0 Å². The minimum Gasteiger partial charge on any atom is -0.342 e. The van der Waals surface area contributed by atoms with E-state index in [1.165, 1.54) is 0 Å². The van der Waals surface area contributed by atoms with E-state index in [2.05, 4.69) is 11.1 Å². The zero-order valence-corrected chi connectivity index (χ0v) is 19.8. The molecule has 0 bridgehead atoms. The third kappa shape index (κ3) is 4.18. The molecule has 6 nitrogen and oxygen atoms in total. The molecule has 0 saturated carbocycles. The Hall–Kier alpha value is -3.67. The van der Waals surface area contributed by atoms with E-state index in [1.54, 1.807) is 0 Å². The lowest BCUT2D eigenvalue weighted by Gasteiger charge is -2.37. The van der Waals surface area contributed by atoms with Gasteiger partial charge in [-0.1, -0.05) is 48.5 Å². The summed E-state index contributed by atoms with van der Waals surface area (Å²) in [4.78, 5) is 38.7. The van der Waals surface area contributed by atoms with Crippen LogP contribution in [-0.4, -0.2) is 57.8 Å². The Morgan fingerprint density at radius 2 is 1.46 bits per heavy atom. The average molecular weight is 467 g/mol. The second-order valence-corrected chi connectivity index (χ2v) is 9.83. The topological polar surface area (TPSA) is 69.3 Å². The second kappa shape index (κ2) is 9.17. The molecule has 0 radical (unpaired) electrons. The summed E-state index contributed by atoms with van der Waals surface area (Å²) in [6, 6.07) is 22.0. The van der Waals surface area contributed by atoms with E-state index in [0.29, 0.717) is 19.0 Å². The van der Waals surface area contributed by atoms with Gasteiger partial charge in [0.1, 0.15) is 5.82 Å². The number of nitrogens with one attached hydrogen (secondary N) is 1. The van der Waals surface area contributed by atoms with Gasteiger partial charge in [-0.3, -0.25) is 9.59 Å². The first-order valence-corrected chi connectivity index (χ1v) is 12.7. The quantitative estimate of drug-likeness (QED) is 0.463. The van der Waals surface area contributed by atoms with Crippen LogP contribution < -0.4 is 0 Å². The number of likely N-dealkylation sites (tertiary alicyclic amines) is 2. The number of carbonyl (C=O) groups excluding carboxylic acids is 2. The molecule has 0 aliphatic carbocycles. The van der Waals surface area contributed by atoms with E-state index < -0.39 is 0 Å². The van der Waals surface area contributed by atoms with Crippen LogP contribution in [0.15, 0.2) is 66.7 Å². The lowest BCUT2D eigenvalue weighted by molar-refractivity contribution is -0.138. The van der Waals surface area contributed by atoms with Crippen LogP contribution in [0.4, 0.5) is 0 Å². The maximum atomic E-state index is 13.3. The molecule has 3 heterocycles. The summed E-state index contributed by atoms with van der Waals surface area (Å²) in [6.45, 7) is 2.81. The van der Waals surface area contributed by atoms with Gasteiger partial charge in [0.25, 0.3) is 5.91 Å². The standard InChI is InChI=1S/C29H30N4O2/c34-28(32-16-12-21(13-17-32)27-30-25-10-3-4-11-26(25)31-27)22-14-18-33(19-15-22)29(35)24-9-5-7-20-6-1-2-8-23(20)24/h1-11,21-22H,12-19H2,(H,30,31). The molecule has 1 aromatic heterocycles. The number of benzene rings is 3. The first-order chi connectivity index (χ1) is 17.2. The fourth-order valence-corrected chi connectivity index (χ4v) is 5.71. The minimum absolute atomic E-state index is 0.00863. The molecule has 0 spiro atoms. The fourth-order valence-electron chi connectivity index (χ4n) is 5.71. The van der Waals surface area contributed by atoms with Crippen LogP contribution in [0.1, 0.15) is 47.8 Å². The highest BCUT2D eigenvalue weighted by molar-refractivity contribution is 6.07. The van der Waals surface area contributed by atoms with Crippen molar-refractivity contribution in [2.75, 3.05) is 26.2 Å². The number of para-hydroxylation sites is 2. The van der Waals surface area contributed by atoms with E-state index in [9.17, 15) is 9.59 Å². The van der Waals surface area contributed by atoms with E-state index in [-0.39, 0.29) is 17.7 Å². The number of amides is 2. The molecule has 2 saturated heterocycles. The summed E-state index contributed by atoms with van der Waals surface area (Å²) in [5.41, 5.74) is 2.83. The third-order valence-corrected chi connectivity index (χ3v) is 7.75. The van der Waals surface area contributed by atoms with Crippen molar-refractivity contribution >= 4 is 33.6 Å². The molecular formula is C29H30N4O2. The summed E-state index contributed by atoms with van der Waals surface area (Å²) >= 11 is 0. The van der Waals surface area contributed by atoms with Gasteiger partial charge in [0.15, 0.2) is 0 Å². The van der Waals surface area contributed by atoms with Crippen LogP contribution in [0.25, 0.3) is 21.8 Å². The van der Waals surface area contributed by atoms with Gasteiger partial charge in [0.05, 0.1) is 11.0 Å². The molecule has 6 rings (SSSR count). The molecule has 178 valence electrons. The third-order valence-electron chi connectivity index (χ3n) is 7.75. The Kier molecular flexibility index (Phi) is 5.72. The SMILES string of the molecule is O=C(c1cccc2ccccc12)N1CCC(C(=O)N2CCC(c3nc4ccccc4[nH]3)CC2)CC1. The van der Waals surface area contributed by atoms with Gasteiger partial charge < -0.3 is 14.8 Å². The van der Waals surface area contributed by atoms with Crippen LogP contribution in [0, 0.1) is 5.92 Å². The zero-order chi connectivity index (χ0) is 23.8. The van der Waals surface area contributed by atoms with Crippen LogP contribution in [0.5, 0.6) is 0 Å². The predicted molar refractivity (Wildman–Crippen MR) is 137 cm³/mol. The largest absolute Gasteiger partial charge is 0.342 e. The number of hydrogen-bond acceptors (Lipinski definition) is 3. The van der Waals surface area contributed by atoms with E-state index in [0.717, 1.165) is 72.0 Å². The minimum atomic E-state index is 0.00863. The zero-order valence-electron chi connectivity index (χ0n) is 19.8. The lowest BCUT2D eigenvalue weighted by Crippen LogP contribution is -2.46. The van der Waals surface area contributed by atoms with E-state index in [4.69, 9.17) is 4.98 Å². The van der Waals surface area contributed by atoms with Crippen LogP contribution in [0.3, 0.4) is 0 Å². The molecule has 6 heteroatoms. The highest BCUT2D eigenvalue weighted by Gasteiger charge is 2.33.